The fourth-order valence-electron chi connectivity index (χ4n) is 0.230. The van der Waals surface area contributed by atoms with Gasteiger partial charge < -0.3 is 0 Å². The zero-order chi connectivity index (χ0) is 4.99. The molecule has 36 valence electrons. The molecule has 0 aliphatic carbocycles. The summed E-state index contributed by atoms with van der Waals surface area (Å²) >= 11 is 0. The molecule has 0 spiro atoms. The molecule has 0 fully saturated rings. The summed E-state index contributed by atoms with van der Waals surface area (Å²) in [5.41, 5.74) is 0. The Labute approximate surface area is 37.7 Å². The maximum atomic E-state index is 11.6. The first-order chi connectivity index (χ1) is 2.77. The number of hydrogen-bond donors (Lipinski definition) is 0. The molecule has 1 heteroatoms. The minimum absolute atomic E-state index is 0.472. The number of alkyl halides is 1. The lowest BCUT2D eigenvalue weighted by molar-refractivity contribution is 0.365. The van der Waals surface area contributed by atoms with E-state index in [4.69, 9.17) is 0 Å². The summed E-state index contributed by atoms with van der Waals surface area (Å²) < 4.78 is 11.6. The maximum Gasteiger partial charge on any atom is 0.101 e. The van der Waals surface area contributed by atoms with Gasteiger partial charge in [0.2, 0.25) is 0 Å². The molecule has 0 saturated heterocycles. The van der Waals surface area contributed by atoms with Crippen molar-refractivity contribution in [2.24, 2.45) is 0 Å². The second kappa shape index (κ2) is 2.88. The molecule has 0 radical (unpaired) electrons. The molecule has 1 atom stereocenters. The normalized spacial score (nSPS) is 13.7. The molecular formula is C5H9F. The predicted octanol–water partition coefficient (Wildman–Crippen LogP) is 1.92. The van der Waals surface area contributed by atoms with Crippen LogP contribution in [-0.4, -0.2) is 6.17 Å². The van der Waals surface area contributed by atoms with Crippen LogP contribution in [0.4, 0.5) is 4.39 Å². The van der Waals surface area contributed by atoms with Gasteiger partial charge in [-0.3, -0.25) is 0 Å². The molecule has 0 aromatic carbocycles. The number of allylic oxidation sites excluding steroid dienone is 1. The van der Waals surface area contributed by atoms with E-state index in [2.05, 4.69) is 6.58 Å². The summed E-state index contributed by atoms with van der Waals surface area (Å²) in [4.78, 5) is 0. The van der Waals surface area contributed by atoms with Gasteiger partial charge in [0, 0.05) is 0 Å². The van der Waals surface area contributed by atoms with Crippen molar-refractivity contribution in [1.82, 2.24) is 0 Å². The van der Waals surface area contributed by atoms with Crippen molar-refractivity contribution in [3.8, 4) is 0 Å². The molecule has 0 amide bonds. The fraction of sp³-hybridized carbons (Fsp3) is 0.600. The van der Waals surface area contributed by atoms with Crippen molar-refractivity contribution in [3.05, 3.63) is 12.7 Å². The van der Waals surface area contributed by atoms with Crippen molar-refractivity contribution >= 4 is 0 Å². The summed E-state index contributed by atoms with van der Waals surface area (Å²) in [6.45, 7) is 4.88. The summed E-state index contributed by atoms with van der Waals surface area (Å²) in [7, 11) is 0. The molecule has 0 bridgehead atoms. The van der Waals surface area contributed by atoms with E-state index < -0.39 is 6.17 Å². The Hall–Kier alpha value is -0.330. The van der Waals surface area contributed by atoms with Crippen LogP contribution in [0.5, 0.6) is 0 Å². The van der Waals surface area contributed by atoms with Gasteiger partial charge in [0.25, 0.3) is 0 Å². The molecule has 0 nitrogen and oxygen atoms in total. The van der Waals surface area contributed by atoms with Crippen molar-refractivity contribution < 1.29 is 4.39 Å². The van der Waals surface area contributed by atoms with Crippen LogP contribution in [0, 0.1) is 0 Å². The summed E-state index contributed by atoms with van der Waals surface area (Å²) in [6, 6.07) is 0. The molecule has 0 N–H and O–H groups in total. The molecule has 0 saturated carbocycles. The number of hydrogen-bond acceptors (Lipinski definition) is 0. The molecule has 0 heterocycles. The van der Waals surface area contributed by atoms with Gasteiger partial charge in [0.1, 0.15) is 6.17 Å². The summed E-state index contributed by atoms with van der Waals surface area (Å²) in [5, 5.41) is 0. The van der Waals surface area contributed by atoms with E-state index in [9.17, 15) is 4.39 Å². The first-order valence-corrected chi connectivity index (χ1v) is 2.02. The Kier molecular flexibility index (Phi) is 2.73. The van der Waals surface area contributed by atoms with E-state index >= 15 is 0 Å². The summed E-state index contributed by atoms with van der Waals surface area (Å²) in [5.74, 6) is 0. The van der Waals surface area contributed by atoms with Crippen molar-refractivity contribution in [2.45, 2.75) is 19.5 Å². The molecule has 6 heavy (non-hydrogen) atoms. The van der Waals surface area contributed by atoms with E-state index in [1.165, 1.54) is 6.92 Å². The lowest BCUT2D eigenvalue weighted by Gasteiger charge is -1.88. The van der Waals surface area contributed by atoms with E-state index in [1.807, 2.05) is 0 Å². The third kappa shape index (κ3) is 3.67. The van der Waals surface area contributed by atoms with Crippen LogP contribution < -0.4 is 0 Å². The first kappa shape index (κ1) is 5.67. The quantitative estimate of drug-likeness (QED) is 0.452. The van der Waals surface area contributed by atoms with E-state index in [1.54, 1.807) is 6.08 Å². The lowest BCUT2D eigenvalue weighted by atomic mass is 10.3. The monoisotopic (exact) mass is 88.1 g/mol. The molecule has 0 aromatic rings. The zero-order valence-corrected chi connectivity index (χ0v) is 3.95. The van der Waals surface area contributed by atoms with Gasteiger partial charge in [0.15, 0.2) is 0 Å². The van der Waals surface area contributed by atoms with Gasteiger partial charge in [-0.15, -0.1) is 6.58 Å². The minimum atomic E-state index is -0.720. The van der Waals surface area contributed by atoms with Gasteiger partial charge in [0.05, 0.1) is 0 Å². The van der Waals surface area contributed by atoms with Gasteiger partial charge in [-0.1, -0.05) is 6.08 Å². The molecule has 0 rings (SSSR count). The van der Waals surface area contributed by atoms with Gasteiger partial charge in [-0.25, -0.2) is 4.39 Å². The average Bonchev–Trinajstić information content (AvgIpc) is 1.35. The predicted molar refractivity (Wildman–Crippen MR) is 25.4 cm³/mol. The topological polar surface area (TPSA) is 0 Å². The SMILES string of the molecule is C=CC[C@@H](C)F. The highest BCUT2D eigenvalue weighted by Gasteiger charge is 1.87. The Balaban J connectivity index is 2.81. The molecule has 0 aliphatic rings. The highest BCUT2D eigenvalue weighted by atomic mass is 19.1. The Morgan fingerprint density at radius 3 is 2.50 bits per heavy atom. The third-order valence-corrected chi connectivity index (χ3v) is 0.491. The molecule has 0 aliphatic heterocycles. The minimum Gasteiger partial charge on any atom is -0.247 e. The standard InChI is InChI=1S/C5H9F/c1-3-4-5(2)6/h3,5H,1,4H2,2H3/t5-/m1/s1. The van der Waals surface area contributed by atoms with Crippen LogP contribution in [0.3, 0.4) is 0 Å². The number of rotatable bonds is 2. The zero-order valence-electron chi connectivity index (χ0n) is 3.95. The first-order valence-electron chi connectivity index (χ1n) is 2.02. The van der Waals surface area contributed by atoms with Crippen molar-refractivity contribution in [1.29, 1.82) is 0 Å². The van der Waals surface area contributed by atoms with Crippen molar-refractivity contribution in [3.63, 3.8) is 0 Å². The molecule has 0 unspecified atom stereocenters. The Bertz CT molecular complexity index is 39.2. The van der Waals surface area contributed by atoms with Crippen LogP contribution >= 0.6 is 0 Å². The van der Waals surface area contributed by atoms with Crippen LogP contribution in [0.2, 0.25) is 0 Å². The highest BCUT2D eigenvalue weighted by Crippen LogP contribution is 1.93. The second-order valence-corrected chi connectivity index (χ2v) is 1.31. The smallest absolute Gasteiger partial charge is 0.101 e. The van der Waals surface area contributed by atoms with Gasteiger partial charge in [-0.2, -0.15) is 0 Å². The largest absolute Gasteiger partial charge is 0.247 e. The Morgan fingerprint density at radius 2 is 2.50 bits per heavy atom. The van der Waals surface area contributed by atoms with Crippen LogP contribution in [-0.2, 0) is 0 Å². The highest BCUT2D eigenvalue weighted by molar-refractivity contribution is 4.68. The van der Waals surface area contributed by atoms with Crippen LogP contribution in [0.25, 0.3) is 0 Å². The maximum absolute atomic E-state index is 11.6. The fourth-order valence-corrected chi connectivity index (χ4v) is 0.230. The Morgan fingerprint density at radius 1 is 2.00 bits per heavy atom. The van der Waals surface area contributed by atoms with E-state index in [-0.39, 0.29) is 0 Å². The van der Waals surface area contributed by atoms with Gasteiger partial charge >= 0.3 is 0 Å². The molecular weight excluding hydrogens is 79.1 g/mol. The van der Waals surface area contributed by atoms with Crippen LogP contribution in [0.1, 0.15) is 13.3 Å². The van der Waals surface area contributed by atoms with Gasteiger partial charge in [-0.05, 0) is 13.3 Å². The van der Waals surface area contributed by atoms with E-state index in [0.29, 0.717) is 6.42 Å². The van der Waals surface area contributed by atoms with E-state index in [0.717, 1.165) is 0 Å². The summed E-state index contributed by atoms with van der Waals surface area (Å²) in [6.07, 6.45) is 1.33. The lowest BCUT2D eigenvalue weighted by Crippen LogP contribution is -1.85. The third-order valence-electron chi connectivity index (χ3n) is 0.491. The second-order valence-electron chi connectivity index (χ2n) is 1.31. The molecule has 0 aromatic heterocycles. The number of halogens is 1. The average molecular weight is 88.1 g/mol. The van der Waals surface area contributed by atoms with Crippen molar-refractivity contribution in [2.75, 3.05) is 0 Å². The van der Waals surface area contributed by atoms with Crippen LogP contribution in [0.15, 0.2) is 12.7 Å².